The summed E-state index contributed by atoms with van der Waals surface area (Å²) in [6.45, 7) is 1.64. The van der Waals surface area contributed by atoms with Crippen LogP contribution in [0.25, 0.3) is 0 Å². The van der Waals surface area contributed by atoms with E-state index in [4.69, 9.17) is 10.2 Å². The third kappa shape index (κ3) is 5.84. The first-order valence-electron chi connectivity index (χ1n) is 4.85. The molecule has 1 heterocycles. The van der Waals surface area contributed by atoms with E-state index in [1.54, 1.807) is 12.0 Å². The molecule has 0 fully saturated rings. The van der Waals surface area contributed by atoms with E-state index in [-0.39, 0.29) is 6.61 Å². The molecule has 0 aromatic carbocycles. The van der Waals surface area contributed by atoms with E-state index < -0.39 is 35.5 Å². The van der Waals surface area contributed by atoms with Gasteiger partial charge in [0.05, 0.1) is 6.61 Å². The molecule has 11 heteroatoms. The lowest BCUT2D eigenvalue weighted by molar-refractivity contribution is -0.163. The van der Waals surface area contributed by atoms with E-state index in [0.717, 1.165) is 0 Å². The van der Waals surface area contributed by atoms with E-state index in [2.05, 4.69) is 9.84 Å². The molecule has 1 aromatic heterocycles. The Labute approximate surface area is 109 Å². The van der Waals surface area contributed by atoms with E-state index in [9.17, 15) is 27.6 Å². The highest BCUT2D eigenvalue weighted by molar-refractivity contribution is 6.28. The van der Waals surface area contributed by atoms with Crippen molar-refractivity contribution < 1.29 is 42.5 Å². The SMILES string of the molecule is CCOC(=O)C(=O)O.O=C(O)c1cc(C(F)(F)F)[nH]n1. The quantitative estimate of drug-likeness (QED) is 0.542. The van der Waals surface area contributed by atoms with Crippen molar-refractivity contribution in [2.75, 3.05) is 6.61 Å². The van der Waals surface area contributed by atoms with Crippen molar-refractivity contribution in [1.82, 2.24) is 10.2 Å². The number of hydrogen-bond acceptors (Lipinski definition) is 5. The molecule has 3 N–H and O–H groups in total. The van der Waals surface area contributed by atoms with Gasteiger partial charge in [0.2, 0.25) is 0 Å². The average molecular weight is 298 g/mol. The number of nitrogens with one attached hydrogen (secondary N) is 1. The molecule has 0 aliphatic rings. The summed E-state index contributed by atoms with van der Waals surface area (Å²) in [5, 5.41) is 20.6. The number of aromatic amines is 1. The molecule has 0 amide bonds. The highest BCUT2D eigenvalue weighted by atomic mass is 19.4. The Balaban J connectivity index is 0.000000396. The minimum absolute atomic E-state index is 0.102. The standard InChI is InChI=1S/C5H3F3N2O2.C4H6O4/c6-5(7,8)3-1-2(4(11)12)9-10-3;1-2-8-4(7)3(5)6/h1H,(H,9,10)(H,11,12);2H2,1H3,(H,5,6). The molecule has 0 aliphatic carbocycles. The molecule has 8 nitrogen and oxygen atoms in total. The van der Waals surface area contributed by atoms with Crippen molar-refractivity contribution >= 4 is 17.9 Å². The van der Waals surface area contributed by atoms with E-state index in [1.807, 2.05) is 0 Å². The molecule has 0 bridgehead atoms. The molecule has 20 heavy (non-hydrogen) atoms. The molecule has 0 spiro atoms. The number of aromatic carboxylic acids is 1. The normalized spacial score (nSPS) is 10.2. The number of carbonyl (C=O) groups is 3. The van der Waals surface area contributed by atoms with Gasteiger partial charge in [-0.05, 0) is 6.92 Å². The minimum atomic E-state index is -4.58. The van der Waals surface area contributed by atoms with Gasteiger partial charge in [0.25, 0.3) is 0 Å². The fraction of sp³-hybridized carbons (Fsp3) is 0.333. The van der Waals surface area contributed by atoms with Crippen LogP contribution in [0.2, 0.25) is 0 Å². The first-order chi connectivity index (χ1) is 9.09. The summed E-state index contributed by atoms with van der Waals surface area (Å²) in [5.41, 5.74) is -1.82. The second kappa shape index (κ2) is 7.11. The number of halogens is 3. The molecule has 0 atom stereocenters. The fourth-order valence-corrected chi connectivity index (χ4v) is 0.769. The monoisotopic (exact) mass is 298 g/mol. The summed E-state index contributed by atoms with van der Waals surface area (Å²) < 4.78 is 39.5. The molecule has 0 radical (unpaired) electrons. The maximum Gasteiger partial charge on any atom is 0.432 e. The van der Waals surface area contributed by atoms with Crippen LogP contribution in [0.1, 0.15) is 23.1 Å². The molecule has 0 saturated heterocycles. The number of hydrogen-bond donors (Lipinski definition) is 3. The zero-order valence-corrected chi connectivity index (χ0v) is 9.89. The predicted molar refractivity (Wildman–Crippen MR) is 54.8 cm³/mol. The number of carbonyl (C=O) groups excluding carboxylic acids is 1. The molecule has 1 rings (SSSR count). The third-order valence-corrected chi connectivity index (χ3v) is 1.55. The van der Waals surface area contributed by atoms with Crippen molar-refractivity contribution in [1.29, 1.82) is 0 Å². The molecule has 0 aliphatic heterocycles. The zero-order valence-electron chi connectivity index (χ0n) is 9.89. The summed E-state index contributed by atoms with van der Waals surface area (Å²) in [5.74, 6) is -4.25. The van der Waals surface area contributed by atoms with Crippen molar-refractivity contribution in [3.05, 3.63) is 17.5 Å². The lowest BCUT2D eigenvalue weighted by Crippen LogP contribution is -2.15. The van der Waals surface area contributed by atoms with Crippen LogP contribution < -0.4 is 0 Å². The van der Waals surface area contributed by atoms with Crippen LogP contribution >= 0.6 is 0 Å². The van der Waals surface area contributed by atoms with Crippen LogP contribution in [-0.2, 0) is 20.5 Å². The van der Waals surface area contributed by atoms with Crippen LogP contribution in [0.4, 0.5) is 13.2 Å². The maximum atomic E-state index is 11.8. The van der Waals surface area contributed by atoms with Gasteiger partial charge in [-0.25, -0.2) is 14.4 Å². The first kappa shape index (κ1) is 17.4. The largest absolute Gasteiger partial charge is 0.476 e. The van der Waals surface area contributed by atoms with Crippen molar-refractivity contribution in [3.63, 3.8) is 0 Å². The van der Waals surface area contributed by atoms with Gasteiger partial charge in [0.15, 0.2) is 5.69 Å². The van der Waals surface area contributed by atoms with Crippen LogP contribution in [0.3, 0.4) is 0 Å². The van der Waals surface area contributed by atoms with Gasteiger partial charge >= 0.3 is 24.1 Å². The van der Waals surface area contributed by atoms with Gasteiger partial charge in [-0.2, -0.15) is 18.3 Å². The Hall–Kier alpha value is -2.59. The van der Waals surface area contributed by atoms with E-state index in [1.165, 1.54) is 0 Å². The molecule has 0 saturated carbocycles. The predicted octanol–water partition coefficient (Wildman–Crippen LogP) is 0.761. The number of rotatable bonds is 2. The lowest BCUT2D eigenvalue weighted by Gasteiger charge is -1.99. The van der Waals surface area contributed by atoms with Gasteiger partial charge in [-0.3, -0.25) is 5.10 Å². The number of esters is 1. The molecule has 0 unspecified atom stereocenters. The smallest absolute Gasteiger partial charge is 0.432 e. The Morgan fingerprint density at radius 1 is 1.35 bits per heavy atom. The van der Waals surface area contributed by atoms with Crippen LogP contribution in [0.15, 0.2) is 6.07 Å². The number of H-pyrrole nitrogens is 1. The summed E-state index contributed by atoms with van der Waals surface area (Å²) in [6, 6.07) is 0.433. The van der Waals surface area contributed by atoms with E-state index >= 15 is 0 Å². The van der Waals surface area contributed by atoms with E-state index in [0.29, 0.717) is 6.07 Å². The minimum Gasteiger partial charge on any atom is -0.476 e. The first-order valence-corrected chi connectivity index (χ1v) is 4.85. The van der Waals surface area contributed by atoms with Gasteiger partial charge in [0, 0.05) is 6.07 Å². The number of alkyl halides is 3. The Kier molecular flexibility index (Phi) is 6.19. The summed E-state index contributed by atoms with van der Waals surface area (Å²) in [7, 11) is 0. The third-order valence-electron chi connectivity index (χ3n) is 1.55. The topological polar surface area (TPSA) is 130 Å². The summed E-state index contributed by atoms with van der Waals surface area (Å²) in [6.07, 6.45) is -4.58. The lowest BCUT2D eigenvalue weighted by atomic mass is 10.3. The summed E-state index contributed by atoms with van der Waals surface area (Å²) in [4.78, 5) is 29.6. The van der Waals surface area contributed by atoms with Crippen LogP contribution in [0.5, 0.6) is 0 Å². The highest BCUT2D eigenvalue weighted by Crippen LogP contribution is 2.27. The molecular weight excluding hydrogens is 289 g/mol. The van der Waals surface area contributed by atoms with Crippen LogP contribution in [-0.4, -0.2) is 44.9 Å². The average Bonchev–Trinajstić information content (AvgIpc) is 2.79. The van der Waals surface area contributed by atoms with Gasteiger partial charge in [0.1, 0.15) is 5.69 Å². The number of nitrogens with zero attached hydrogens (tertiary/aromatic N) is 1. The highest BCUT2D eigenvalue weighted by Gasteiger charge is 2.33. The molecular formula is C9H9F3N2O6. The Bertz CT molecular complexity index is 496. The fourth-order valence-electron chi connectivity index (χ4n) is 0.769. The van der Waals surface area contributed by atoms with Crippen LogP contribution in [0, 0.1) is 0 Å². The Morgan fingerprint density at radius 3 is 2.10 bits per heavy atom. The second-order valence-corrected chi connectivity index (χ2v) is 3.00. The number of aromatic nitrogens is 2. The number of ether oxygens (including phenoxy) is 1. The molecule has 1 aromatic rings. The van der Waals surface area contributed by atoms with Crippen molar-refractivity contribution in [3.8, 4) is 0 Å². The number of carboxylic acids is 2. The number of aliphatic carboxylic acids is 1. The van der Waals surface area contributed by atoms with Gasteiger partial charge in [-0.1, -0.05) is 0 Å². The Morgan fingerprint density at radius 2 is 1.90 bits per heavy atom. The second-order valence-electron chi connectivity index (χ2n) is 3.00. The summed E-state index contributed by atoms with van der Waals surface area (Å²) >= 11 is 0. The number of carboxylic acid groups (broad SMARTS) is 2. The maximum absolute atomic E-state index is 11.8. The van der Waals surface area contributed by atoms with Gasteiger partial charge in [-0.15, -0.1) is 0 Å². The molecule has 112 valence electrons. The van der Waals surface area contributed by atoms with Crippen molar-refractivity contribution in [2.24, 2.45) is 0 Å². The van der Waals surface area contributed by atoms with Crippen molar-refractivity contribution in [2.45, 2.75) is 13.1 Å². The zero-order chi connectivity index (χ0) is 15.9. The van der Waals surface area contributed by atoms with Gasteiger partial charge < -0.3 is 14.9 Å².